The van der Waals surface area contributed by atoms with Crippen molar-refractivity contribution in [2.75, 3.05) is 0 Å². The molecule has 2 aliphatic rings. The summed E-state index contributed by atoms with van der Waals surface area (Å²) in [4.78, 5) is 13.0. The lowest BCUT2D eigenvalue weighted by atomic mass is 9.86. The number of benzene rings is 2. The summed E-state index contributed by atoms with van der Waals surface area (Å²) in [6.45, 7) is 3.88. The number of aliphatic hydroxyl groups is 1. The van der Waals surface area contributed by atoms with E-state index in [1.54, 1.807) is 12.1 Å². The highest BCUT2D eigenvalue weighted by Gasteiger charge is 2.50. The number of hydrogen-bond donors (Lipinski definition) is 1. The first kappa shape index (κ1) is 18.5. The number of aryl methyl sites for hydroxylation is 1. The highest BCUT2D eigenvalue weighted by atomic mass is 35.5. The number of hydrogen-bond acceptors (Lipinski definition) is 3. The number of aliphatic hydroxyl groups excluding tert-OH is 1. The summed E-state index contributed by atoms with van der Waals surface area (Å²) in [5, 5.41) is 12.0. The lowest BCUT2D eigenvalue weighted by Gasteiger charge is -2.31. The lowest BCUT2D eigenvalue weighted by Crippen LogP contribution is -2.37. The highest BCUT2D eigenvalue weighted by molar-refractivity contribution is 6.36. The molecule has 0 aliphatic carbocycles. The van der Waals surface area contributed by atoms with Gasteiger partial charge in [-0.1, -0.05) is 48.3 Å². The number of halogens is 2. The molecule has 4 rings (SSSR count). The van der Waals surface area contributed by atoms with E-state index >= 15 is 0 Å². The maximum Gasteiger partial charge on any atom is 0.195 e. The van der Waals surface area contributed by atoms with Crippen LogP contribution in [0.3, 0.4) is 0 Å². The molecule has 27 heavy (non-hydrogen) atoms. The van der Waals surface area contributed by atoms with Gasteiger partial charge in [-0.15, -0.1) is 0 Å². The molecule has 5 heteroatoms. The maximum absolute atomic E-state index is 13.0. The van der Waals surface area contributed by atoms with E-state index in [0.717, 1.165) is 28.7 Å². The highest BCUT2D eigenvalue weighted by Crippen LogP contribution is 2.46. The molecule has 3 nitrogen and oxygen atoms in total. The zero-order chi connectivity index (χ0) is 19.3. The molecule has 0 unspecified atom stereocenters. The summed E-state index contributed by atoms with van der Waals surface area (Å²) in [7, 11) is 0. The van der Waals surface area contributed by atoms with Gasteiger partial charge in [-0.25, -0.2) is 0 Å². The Morgan fingerprint density at radius 1 is 1.19 bits per heavy atom. The third kappa shape index (κ3) is 2.98. The Balaban J connectivity index is 1.91. The van der Waals surface area contributed by atoms with Crippen LogP contribution in [-0.2, 0) is 16.0 Å². The van der Waals surface area contributed by atoms with Crippen LogP contribution in [0.5, 0.6) is 0 Å². The molecule has 1 N–H and O–H groups in total. The Kier molecular flexibility index (Phi) is 4.58. The normalized spacial score (nSPS) is 24.6. The van der Waals surface area contributed by atoms with E-state index in [1.807, 2.05) is 38.1 Å². The van der Waals surface area contributed by atoms with Crippen molar-refractivity contribution in [1.82, 2.24) is 0 Å². The number of rotatable bonds is 3. The Labute approximate surface area is 168 Å². The number of ketones is 1. The topological polar surface area (TPSA) is 46.5 Å². The molecule has 2 aromatic rings. The second-order valence-corrected chi connectivity index (χ2v) is 8.16. The predicted molar refractivity (Wildman–Crippen MR) is 108 cm³/mol. The van der Waals surface area contributed by atoms with Gasteiger partial charge >= 0.3 is 0 Å². The Hall–Kier alpha value is -1.81. The molecule has 140 valence electrons. The average Bonchev–Trinajstić information content (AvgIpc) is 3.01. The van der Waals surface area contributed by atoms with Crippen molar-refractivity contribution in [1.29, 1.82) is 0 Å². The van der Waals surface area contributed by atoms with Gasteiger partial charge in [-0.2, -0.15) is 0 Å². The van der Waals surface area contributed by atoms with E-state index < -0.39 is 11.7 Å². The predicted octanol–water partition coefficient (Wildman–Crippen LogP) is 6.01. The Morgan fingerprint density at radius 2 is 1.96 bits per heavy atom. The fourth-order valence-corrected chi connectivity index (χ4v) is 4.53. The van der Waals surface area contributed by atoms with Crippen LogP contribution in [0.2, 0.25) is 10.0 Å². The van der Waals surface area contributed by atoms with Crippen LogP contribution in [0, 0.1) is 0 Å². The first-order chi connectivity index (χ1) is 12.8. The van der Waals surface area contributed by atoms with Crippen LogP contribution in [0.1, 0.15) is 37.8 Å². The number of fused-ring (bicyclic) bond motifs is 2. The monoisotopic (exact) mass is 402 g/mol. The minimum absolute atomic E-state index is 0.0373. The molecule has 0 amide bonds. The minimum atomic E-state index is -0.785. The van der Waals surface area contributed by atoms with Gasteiger partial charge in [-0.05, 0) is 61.1 Å². The van der Waals surface area contributed by atoms with Crippen molar-refractivity contribution in [2.24, 2.45) is 0 Å². The van der Waals surface area contributed by atoms with E-state index in [1.165, 1.54) is 0 Å². The second kappa shape index (κ2) is 6.66. The van der Waals surface area contributed by atoms with Crippen molar-refractivity contribution in [3.05, 3.63) is 63.3 Å². The van der Waals surface area contributed by atoms with Gasteiger partial charge in [0.2, 0.25) is 0 Å². The minimum Gasteiger partial charge on any atom is -0.508 e. The molecule has 0 spiro atoms. The van der Waals surface area contributed by atoms with Crippen molar-refractivity contribution < 1.29 is 14.6 Å². The van der Waals surface area contributed by atoms with Crippen LogP contribution in [-0.4, -0.2) is 22.6 Å². The van der Waals surface area contributed by atoms with E-state index in [9.17, 15) is 9.90 Å². The van der Waals surface area contributed by atoms with Crippen molar-refractivity contribution in [2.45, 2.75) is 44.8 Å². The molecule has 1 saturated heterocycles. The van der Waals surface area contributed by atoms with Crippen LogP contribution in [0.25, 0.3) is 16.7 Å². The van der Waals surface area contributed by atoms with Gasteiger partial charge in [0.05, 0.1) is 5.57 Å². The fourth-order valence-electron chi connectivity index (χ4n) is 4.01. The lowest BCUT2D eigenvalue weighted by molar-refractivity contribution is -0.130. The van der Waals surface area contributed by atoms with Gasteiger partial charge in [0, 0.05) is 15.6 Å². The van der Waals surface area contributed by atoms with E-state index in [-0.39, 0.29) is 11.5 Å². The molecule has 0 radical (unpaired) electrons. The smallest absolute Gasteiger partial charge is 0.195 e. The summed E-state index contributed by atoms with van der Waals surface area (Å²) in [6, 6.07) is 11.3. The molecule has 2 bridgehead atoms. The quantitative estimate of drug-likeness (QED) is 0.683. The van der Waals surface area contributed by atoms with Crippen LogP contribution < -0.4 is 0 Å². The van der Waals surface area contributed by atoms with Crippen LogP contribution >= 0.6 is 23.2 Å². The molecule has 2 atom stereocenters. The average molecular weight is 403 g/mol. The van der Waals surface area contributed by atoms with Gasteiger partial charge in [0.1, 0.15) is 17.5 Å². The molecule has 0 aromatic heterocycles. The SMILES string of the molecule is CCc1ccc(-c2ccc(Cl)cc2Cl)cc1C1=C(O)[C@@]2(C)CC[C@H](O2)C1=O. The zero-order valence-electron chi connectivity index (χ0n) is 15.2. The van der Waals surface area contributed by atoms with Gasteiger partial charge in [-0.3, -0.25) is 4.79 Å². The van der Waals surface area contributed by atoms with Crippen LogP contribution in [0.15, 0.2) is 42.2 Å². The van der Waals surface area contributed by atoms with E-state index in [4.69, 9.17) is 27.9 Å². The largest absolute Gasteiger partial charge is 0.508 e. The zero-order valence-corrected chi connectivity index (χ0v) is 16.7. The summed E-state index contributed by atoms with van der Waals surface area (Å²) in [5.41, 5.74) is 3.07. The Morgan fingerprint density at radius 3 is 2.67 bits per heavy atom. The maximum atomic E-state index is 13.0. The molecule has 0 saturated carbocycles. The molecule has 2 heterocycles. The first-order valence-electron chi connectivity index (χ1n) is 9.08. The van der Waals surface area contributed by atoms with Crippen LogP contribution in [0.4, 0.5) is 0 Å². The van der Waals surface area contributed by atoms with Gasteiger partial charge < -0.3 is 9.84 Å². The molecule has 2 aliphatic heterocycles. The van der Waals surface area contributed by atoms with Gasteiger partial charge in [0.25, 0.3) is 0 Å². The number of carbonyl (C=O) groups is 1. The number of ether oxygens (including phenoxy) is 1. The number of Topliss-reactive ketones (excluding diaryl/α,β-unsaturated/α-hetero) is 1. The third-order valence-electron chi connectivity index (χ3n) is 5.56. The summed E-state index contributed by atoms with van der Waals surface area (Å²) >= 11 is 12.4. The van der Waals surface area contributed by atoms with E-state index in [0.29, 0.717) is 28.5 Å². The molecule has 1 fully saturated rings. The molecule has 2 aromatic carbocycles. The van der Waals surface area contributed by atoms with E-state index in [2.05, 4.69) is 0 Å². The third-order valence-corrected chi connectivity index (χ3v) is 6.11. The first-order valence-corrected chi connectivity index (χ1v) is 9.84. The summed E-state index contributed by atoms with van der Waals surface area (Å²) < 4.78 is 5.79. The van der Waals surface area contributed by atoms with Crippen molar-refractivity contribution >= 4 is 34.6 Å². The Bertz CT molecular complexity index is 980. The summed E-state index contributed by atoms with van der Waals surface area (Å²) in [6.07, 6.45) is 1.54. The molecular formula is C22H20Cl2O3. The summed E-state index contributed by atoms with van der Waals surface area (Å²) in [5.74, 6) is -0.105. The van der Waals surface area contributed by atoms with Crippen molar-refractivity contribution in [3.63, 3.8) is 0 Å². The molecular weight excluding hydrogens is 383 g/mol. The number of carbonyl (C=O) groups excluding carboxylic acids is 1. The second-order valence-electron chi connectivity index (χ2n) is 7.31. The van der Waals surface area contributed by atoms with Gasteiger partial charge in [0.15, 0.2) is 5.78 Å². The standard InChI is InChI=1S/C22H20Cl2O3/c1-3-12-4-5-13(15-7-6-14(23)11-17(15)24)10-16(12)19-20(25)18-8-9-22(2,27-18)21(19)26/h4-7,10-11,18,26H,3,8-9H2,1-2H3/t18-,22+/m0/s1. The fraction of sp³-hybridized carbons (Fsp3) is 0.318. The van der Waals surface area contributed by atoms with Crippen molar-refractivity contribution in [3.8, 4) is 11.1 Å².